The molecule has 1 heterocycles. The van der Waals surface area contributed by atoms with Crippen LogP contribution in [0.15, 0.2) is 12.1 Å². The summed E-state index contributed by atoms with van der Waals surface area (Å²) in [5, 5.41) is 19.5. The van der Waals surface area contributed by atoms with Crippen molar-refractivity contribution < 1.29 is 24.6 Å². The maximum atomic E-state index is 12.5. The van der Waals surface area contributed by atoms with Gasteiger partial charge in [-0.25, -0.2) is 0 Å². The fourth-order valence-corrected chi connectivity index (χ4v) is 2.76. The SMILES string of the molecule is CC(=O)CC[C@@H]1C(=O)c2c(O)cc(O)cc2N(C=O)[C@@H]1C. The molecule has 0 bridgehead atoms. The second-order valence-corrected chi connectivity index (χ2v) is 5.32. The van der Waals surface area contributed by atoms with Gasteiger partial charge in [-0.1, -0.05) is 0 Å². The second kappa shape index (κ2) is 5.55. The van der Waals surface area contributed by atoms with E-state index in [-0.39, 0.29) is 40.7 Å². The molecule has 21 heavy (non-hydrogen) atoms. The summed E-state index contributed by atoms with van der Waals surface area (Å²) in [4.78, 5) is 36.3. The van der Waals surface area contributed by atoms with Gasteiger partial charge in [0.25, 0.3) is 0 Å². The minimum absolute atomic E-state index is 0.0200. The number of phenolic OH excluding ortho intramolecular Hbond substituents is 2. The lowest BCUT2D eigenvalue weighted by Gasteiger charge is -2.37. The van der Waals surface area contributed by atoms with E-state index in [9.17, 15) is 24.6 Å². The molecule has 0 radical (unpaired) electrons. The van der Waals surface area contributed by atoms with Crippen LogP contribution < -0.4 is 4.90 Å². The third-order valence-electron chi connectivity index (χ3n) is 3.88. The minimum atomic E-state index is -0.554. The molecule has 112 valence electrons. The minimum Gasteiger partial charge on any atom is -0.508 e. The number of ketones is 2. The van der Waals surface area contributed by atoms with Gasteiger partial charge in [0.1, 0.15) is 17.3 Å². The van der Waals surface area contributed by atoms with Crippen LogP contribution in [0.5, 0.6) is 11.5 Å². The lowest BCUT2D eigenvalue weighted by atomic mass is 9.81. The van der Waals surface area contributed by atoms with Crippen molar-refractivity contribution in [2.75, 3.05) is 4.90 Å². The van der Waals surface area contributed by atoms with Gasteiger partial charge < -0.3 is 19.9 Å². The van der Waals surface area contributed by atoms with Crippen molar-refractivity contribution >= 4 is 23.7 Å². The molecule has 0 aliphatic carbocycles. The summed E-state index contributed by atoms with van der Waals surface area (Å²) in [5.74, 6) is -1.48. The third kappa shape index (κ3) is 2.61. The summed E-state index contributed by atoms with van der Waals surface area (Å²) in [7, 11) is 0. The van der Waals surface area contributed by atoms with E-state index < -0.39 is 12.0 Å². The average molecular weight is 291 g/mol. The van der Waals surface area contributed by atoms with Crippen molar-refractivity contribution in [3.8, 4) is 11.5 Å². The van der Waals surface area contributed by atoms with Crippen LogP contribution in [0, 0.1) is 5.92 Å². The molecule has 1 aromatic carbocycles. The summed E-state index contributed by atoms with van der Waals surface area (Å²) in [5.41, 5.74) is 0.214. The number of Topliss-reactive ketones (excluding diaryl/α,β-unsaturated/α-hetero) is 2. The number of rotatable bonds is 4. The number of phenols is 2. The predicted molar refractivity (Wildman–Crippen MR) is 75.5 cm³/mol. The van der Waals surface area contributed by atoms with Crippen LogP contribution in [0.2, 0.25) is 0 Å². The Bertz CT molecular complexity index is 610. The normalized spacial score (nSPS) is 21.0. The third-order valence-corrected chi connectivity index (χ3v) is 3.88. The van der Waals surface area contributed by atoms with Gasteiger partial charge in [0.05, 0.1) is 11.3 Å². The highest BCUT2D eigenvalue weighted by molar-refractivity contribution is 6.10. The number of fused-ring (bicyclic) bond motifs is 1. The summed E-state index contributed by atoms with van der Waals surface area (Å²) >= 11 is 0. The number of aromatic hydroxyl groups is 2. The quantitative estimate of drug-likeness (QED) is 0.822. The van der Waals surface area contributed by atoms with E-state index in [0.29, 0.717) is 12.8 Å². The Kier molecular flexibility index (Phi) is 3.97. The Balaban J connectivity index is 2.50. The van der Waals surface area contributed by atoms with Gasteiger partial charge in [0.2, 0.25) is 6.41 Å². The Hall–Kier alpha value is -2.37. The standard InChI is InChI=1S/C15H17NO5/c1-8(18)3-4-11-9(2)16(7-17)12-5-10(19)6-13(20)14(12)15(11)21/h5-7,9,11,19-20H,3-4H2,1-2H3/t9-,11+/m1/s1. The van der Waals surface area contributed by atoms with Gasteiger partial charge in [0.15, 0.2) is 5.78 Å². The first-order valence-corrected chi connectivity index (χ1v) is 6.70. The Morgan fingerprint density at radius 2 is 2.05 bits per heavy atom. The average Bonchev–Trinajstić information content (AvgIpc) is 2.37. The number of anilines is 1. The molecule has 0 unspecified atom stereocenters. The van der Waals surface area contributed by atoms with Crippen molar-refractivity contribution in [1.29, 1.82) is 0 Å². The molecular weight excluding hydrogens is 274 g/mol. The smallest absolute Gasteiger partial charge is 0.214 e. The lowest BCUT2D eigenvalue weighted by Crippen LogP contribution is -2.46. The van der Waals surface area contributed by atoms with Crippen molar-refractivity contribution in [2.24, 2.45) is 5.92 Å². The molecular formula is C15H17NO5. The van der Waals surface area contributed by atoms with E-state index in [1.807, 2.05) is 0 Å². The van der Waals surface area contributed by atoms with Gasteiger partial charge >= 0.3 is 0 Å². The first kappa shape index (κ1) is 15.0. The molecule has 0 fully saturated rings. The molecule has 0 saturated heterocycles. The first-order valence-electron chi connectivity index (χ1n) is 6.70. The van der Waals surface area contributed by atoms with Crippen molar-refractivity contribution in [2.45, 2.75) is 32.7 Å². The number of carbonyl (C=O) groups excluding carboxylic acids is 3. The number of nitrogens with zero attached hydrogens (tertiary/aromatic N) is 1. The second-order valence-electron chi connectivity index (χ2n) is 5.32. The lowest BCUT2D eigenvalue weighted by molar-refractivity contribution is -0.117. The van der Waals surface area contributed by atoms with Crippen molar-refractivity contribution in [3.05, 3.63) is 17.7 Å². The predicted octanol–water partition coefficient (Wildman–Crippen LogP) is 1.63. The van der Waals surface area contributed by atoms with Crippen molar-refractivity contribution in [1.82, 2.24) is 0 Å². The molecule has 0 spiro atoms. The monoisotopic (exact) mass is 291 g/mol. The summed E-state index contributed by atoms with van der Waals surface area (Å²) in [6, 6.07) is 1.90. The zero-order valence-electron chi connectivity index (χ0n) is 11.9. The van der Waals surface area contributed by atoms with Gasteiger partial charge in [-0.2, -0.15) is 0 Å². The molecule has 1 aliphatic heterocycles. The van der Waals surface area contributed by atoms with Gasteiger partial charge in [0, 0.05) is 30.5 Å². The Labute approximate surface area is 122 Å². The zero-order valence-corrected chi connectivity index (χ0v) is 11.9. The number of hydrogen-bond donors (Lipinski definition) is 2. The molecule has 2 atom stereocenters. The van der Waals surface area contributed by atoms with Crippen LogP contribution in [-0.4, -0.2) is 34.2 Å². The van der Waals surface area contributed by atoms with E-state index in [2.05, 4.69) is 0 Å². The van der Waals surface area contributed by atoms with Crippen LogP contribution in [0.1, 0.15) is 37.0 Å². The molecule has 6 nitrogen and oxygen atoms in total. The van der Waals surface area contributed by atoms with Crippen LogP contribution in [0.25, 0.3) is 0 Å². The largest absolute Gasteiger partial charge is 0.508 e. The van der Waals surface area contributed by atoms with E-state index in [4.69, 9.17) is 0 Å². The molecule has 1 aromatic rings. The molecule has 1 amide bonds. The van der Waals surface area contributed by atoms with Crippen LogP contribution in [0.4, 0.5) is 5.69 Å². The van der Waals surface area contributed by atoms with Gasteiger partial charge in [-0.05, 0) is 20.3 Å². The highest BCUT2D eigenvalue weighted by atomic mass is 16.3. The van der Waals surface area contributed by atoms with Crippen LogP contribution in [-0.2, 0) is 9.59 Å². The Morgan fingerprint density at radius 3 is 2.62 bits per heavy atom. The summed E-state index contributed by atoms with van der Waals surface area (Å²) in [6.07, 6.45) is 1.12. The Morgan fingerprint density at radius 1 is 1.38 bits per heavy atom. The molecule has 0 aromatic heterocycles. The summed E-state index contributed by atoms with van der Waals surface area (Å²) < 4.78 is 0. The van der Waals surface area contributed by atoms with E-state index >= 15 is 0 Å². The molecule has 1 aliphatic rings. The van der Waals surface area contributed by atoms with Crippen LogP contribution >= 0.6 is 0 Å². The number of benzene rings is 1. The van der Waals surface area contributed by atoms with Crippen molar-refractivity contribution in [3.63, 3.8) is 0 Å². The molecule has 2 rings (SSSR count). The number of amides is 1. The number of carbonyl (C=O) groups is 3. The maximum absolute atomic E-state index is 12.5. The first-order chi connectivity index (χ1) is 9.86. The summed E-state index contributed by atoms with van der Waals surface area (Å²) in [6.45, 7) is 3.15. The fourth-order valence-electron chi connectivity index (χ4n) is 2.76. The zero-order chi connectivity index (χ0) is 15.7. The van der Waals surface area contributed by atoms with E-state index in [0.717, 1.165) is 6.07 Å². The molecule has 2 N–H and O–H groups in total. The maximum Gasteiger partial charge on any atom is 0.214 e. The highest BCUT2D eigenvalue weighted by Crippen LogP contribution is 2.41. The van der Waals surface area contributed by atoms with Gasteiger partial charge in [-0.15, -0.1) is 0 Å². The molecule has 0 saturated carbocycles. The topological polar surface area (TPSA) is 94.9 Å². The van der Waals surface area contributed by atoms with Gasteiger partial charge in [-0.3, -0.25) is 9.59 Å². The van der Waals surface area contributed by atoms with E-state index in [1.54, 1.807) is 6.92 Å². The fraction of sp³-hybridized carbons (Fsp3) is 0.400. The highest BCUT2D eigenvalue weighted by Gasteiger charge is 2.39. The van der Waals surface area contributed by atoms with E-state index in [1.165, 1.54) is 17.9 Å². The number of hydrogen-bond acceptors (Lipinski definition) is 5. The van der Waals surface area contributed by atoms with Crippen LogP contribution in [0.3, 0.4) is 0 Å². The molecule has 6 heteroatoms.